The minimum absolute atomic E-state index is 0.136. The summed E-state index contributed by atoms with van der Waals surface area (Å²) in [5.74, 6) is 0.600. The highest BCUT2D eigenvalue weighted by atomic mass is 35.5. The van der Waals surface area contributed by atoms with Crippen LogP contribution in [0, 0.1) is 0 Å². The van der Waals surface area contributed by atoms with Crippen LogP contribution in [-0.2, 0) is 13.2 Å². The van der Waals surface area contributed by atoms with Crippen LogP contribution in [0.1, 0.15) is 36.5 Å². The second-order valence-electron chi connectivity index (χ2n) is 6.22. The number of hydrogen-bond donors (Lipinski definition) is 0. The van der Waals surface area contributed by atoms with Gasteiger partial charge in [-0.15, -0.1) is 0 Å². The van der Waals surface area contributed by atoms with Crippen LogP contribution < -0.4 is 9.47 Å². The summed E-state index contributed by atoms with van der Waals surface area (Å²) >= 11 is 6.38. The molecular weight excluding hydrogens is 348 g/mol. The van der Waals surface area contributed by atoms with Crippen molar-refractivity contribution in [2.24, 2.45) is 0 Å². The number of halogens is 1. The van der Waals surface area contributed by atoms with E-state index in [2.05, 4.69) is 9.97 Å². The normalized spacial score (nSPS) is 10.8. The second-order valence-corrected chi connectivity index (χ2v) is 6.58. The molecule has 0 aliphatic rings. The molecule has 0 aliphatic heterocycles. The largest absolute Gasteiger partial charge is 0.472 e. The Bertz CT molecular complexity index is 839. The van der Waals surface area contributed by atoms with Crippen LogP contribution in [0.25, 0.3) is 0 Å². The number of rotatable bonds is 7. The fourth-order valence-corrected chi connectivity index (χ4v) is 2.88. The molecule has 1 heterocycles. The zero-order valence-electron chi connectivity index (χ0n) is 14.9. The van der Waals surface area contributed by atoms with Crippen LogP contribution in [-0.4, -0.2) is 9.97 Å². The first-order chi connectivity index (χ1) is 12.6. The lowest BCUT2D eigenvalue weighted by atomic mass is 10.1. The van der Waals surface area contributed by atoms with E-state index in [1.165, 1.54) is 0 Å². The number of ether oxygens (including phenoxy) is 2. The quantitative estimate of drug-likeness (QED) is 0.523. The molecule has 0 N–H and O–H groups in total. The molecular formula is C21H21ClN2O2. The molecule has 26 heavy (non-hydrogen) atoms. The summed E-state index contributed by atoms with van der Waals surface area (Å²) in [5, 5.41) is 0.362. The highest BCUT2D eigenvalue weighted by Crippen LogP contribution is 2.32. The summed E-state index contributed by atoms with van der Waals surface area (Å²) in [6.45, 7) is 4.84. The lowest BCUT2D eigenvalue weighted by Crippen LogP contribution is -2.07. The maximum Gasteiger partial charge on any atom is 0.321 e. The summed E-state index contributed by atoms with van der Waals surface area (Å²) in [5.41, 5.74) is 2.88. The molecule has 0 saturated carbocycles. The Morgan fingerprint density at radius 1 is 0.808 bits per heavy atom. The molecule has 5 heteroatoms. The summed E-state index contributed by atoms with van der Waals surface area (Å²) in [6.07, 6.45) is 0. The number of hydrogen-bond acceptors (Lipinski definition) is 4. The van der Waals surface area contributed by atoms with Gasteiger partial charge in [0.15, 0.2) is 0 Å². The third-order valence-corrected chi connectivity index (χ3v) is 4.14. The van der Waals surface area contributed by atoms with Crippen LogP contribution in [0.4, 0.5) is 0 Å². The molecule has 134 valence electrons. The number of aromatic nitrogens is 2. The predicted octanol–water partition coefficient (Wildman–Crippen LogP) is 5.41. The van der Waals surface area contributed by atoms with Gasteiger partial charge in [-0.2, -0.15) is 9.97 Å². The topological polar surface area (TPSA) is 44.2 Å². The summed E-state index contributed by atoms with van der Waals surface area (Å²) in [6, 6.07) is 20.0. The Morgan fingerprint density at radius 2 is 1.35 bits per heavy atom. The Hall–Kier alpha value is -2.59. The van der Waals surface area contributed by atoms with Crippen molar-refractivity contribution in [1.29, 1.82) is 0 Å². The first-order valence-electron chi connectivity index (χ1n) is 8.54. The van der Waals surface area contributed by atoms with Crippen molar-refractivity contribution in [2.75, 3.05) is 0 Å². The van der Waals surface area contributed by atoms with Crippen LogP contribution in [0.3, 0.4) is 0 Å². The van der Waals surface area contributed by atoms with E-state index in [-0.39, 0.29) is 11.9 Å². The Kier molecular flexibility index (Phi) is 6.08. The molecule has 2 aromatic carbocycles. The van der Waals surface area contributed by atoms with E-state index in [1.54, 1.807) is 0 Å². The smallest absolute Gasteiger partial charge is 0.321 e. The Balaban J connectivity index is 1.79. The molecule has 0 saturated heterocycles. The van der Waals surface area contributed by atoms with E-state index in [4.69, 9.17) is 21.1 Å². The maximum absolute atomic E-state index is 6.38. The van der Waals surface area contributed by atoms with Crippen molar-refractivity contribution < 1.29 is 9.47 Å². The average molecular weight is 369 g/mol. The number of benzene rings is 2. The van der Waals surface area contributed by atoms with E-state index in [1.807, 2.05) is 74.5 Å². The molecule has 0 unspecified atom stereocenters. The summed E-state index contributed by atoms with van der Waals surface area (Å²) in [7, 11) is 0. The molecule has 0 fully saturated rings. The van der Waals surface area contributed by atoms with E-state index in [0.717, 1.165) is 16.7 Å². The summed E-state index contributed by atoms with van der Waals surface area (Å²) < 4.78 is 11.7. The lowest BCUT2D eigenvalue weighted by Gasteiger charge is -2.15. The van der Waals surface area contributed by atoms with E-state index < -0.39 is 0 Å². The number of nitrogens with zero attached hydrogens (tertiary/aromatic N) is 2. The van der Waals surface area contributed by atoms with Crippen molar-refractivity contribution in [3.05, 3.63) is 82.5 Å². The van der Waals surface area contributed by atoms with E-state index in [0.29, 0.717) is 24.2 Å². The third kappa shape index (κ3) is 4.73. The molecule has 0 amide bonds. The third-order valence-electron chi connectivity index (χ3n) is 3.85. The average Bonchev–Trinajstić information content (AvgIpc) is 2.66. The van der Waals surface area contributed by atoms with Crippen molar-refractivity contribution in [2.45, 2.75) is 33.0 Å². The van der Waals surface area contributed by atoms with Gasteiger partial charge in [0.05, 0.1) is 5.56 Å². The SMILES string of the molecule is CC(C)c1c(Cl)nc(OCc2ccccc2)nc1OCc1ccccc1. The minimum atomic E-state index is 0.136. The molecule has 1 aromatic heterocycles. The van der Waals surface area contributed by atoms with Gasteiger partial charge in [-0.25, -0.2) is 0 Å². The molecule has 3 rings (SSSR count). The zero-order valence-corrected chi connectivity index (χ0v) is 15.6. The maximum atomic E-state index is 6.38. The van der Waals surface area contributed by atoms with Crippen molar-refractivity contribution in [3.8, 4) is 11.9 Å². The lowest BCUT2D eigenvalue weighted by molar-refractivity contribution is 0.255. The molecule has 0 aliphatic carbocycles. The molecule has 0 bridgehead atoms. The monoisotopic (exact) mass is 368 g/mol. The first-order valence-corrected chi connectivity index (χ1v) is 8.92. The highest BCUT2D eigenvalue weighted by molar-refractivity contribution is 6.30. The molecule has 0 spiro atoms. The minimum Gasteiger partial charge on any atom is -0.472 e. The van der Waals surface area contributed by atoms with Crippen molar-refractivity contribution in [3.63, 3.8) is 0 Å². The van der Waals surface area contributed by atoms with Crippen LogP contribution in [0.15, 0.2) is 60.7 Å². The molecule has 4 nitrogen and oxygen atoms in total. The molecule has 3 aromatic rings. The Labute approximate surface area is 158 Å². The highest BCUT2D eigenvalue weighted by Gasteiger charge is 2.18. The molecule has 0 atom stereocenters. The van der Waals surface area contributed by atoms with Gasteiger partial charge in [-0.3, -0.25) is 0 Å². The molecule has 0 radical (unpaired) electrons. The van der Waals surface area contributed by atoms with Crippen molar-refractivity contribution >= 4 is 11.6 Å². The van der Waals surface area contributed by atoms with Crippen LogP contribution in [0.2, 0.25) is 5.15 Å². The zero-order chi connectivity index (χ0) is 18.4. The van der Waals surface area contributed by atoms with Gasteiger partial charge in [0.2, 0.25) is 5.88 Å². The van der Waals surface area contributed by atoms with Crippen LogP contribution in [0.5, 0.6) is 11.9 Å². The van der Waals surface area contributed by atoms with Gasteiger partial charge in [-0.05, 0) is 17.0 Å². The summed E-state index contributed by atoms with van der Waals surface area (Å²) in [4.78, 5) is 8.72. The standard InChI is InChI=1S/C21H21ClN2O2/c1-15(2)18-19(22)23-21(26-14-17-11-7-4-8-12-17)24-20(18)25-13-16-9-5-3-6-10-16/h3-12,15H,13-14H2,1-2H3. The van der Waals surface area contributed by atoms with Gasteiger partial charge in [0.25, 0.3) is 0 Å². The van der Waals surface area contributed by atoms with Gasteiger partial charge in [0, 0.05) is 0 Å². The predicted molar refractivity (Wildman–Crippen MR) is 103 cm³/mol. The van der Waals surface area contributed by atoms with E-state index in [9.17, 15) is 0 Å². The van der Waals surface area contributed by atoms with E-state index >= 15 is 0 Å². The van der Waals surface area contributed by atoms with Crippen LogP contribution >= 0.6 is 11.6 Å². The second kappa shape index (κ2) is 8.68. The van der Waals surface area contributed by atoms with Gasteiger partial charge in [0.1, 0.15) is 18.4 Å². The fourth-order valence-electron chi connectivity index (χ4n) is 2.51. The van der Waals surface area contributed by atoms with Gasteiger partial charge >= 0.3 is 6.01 Å². The van der Waals surface area contributed by atoms with Gasteiger partial charge in [-0.1, -0.05) is 86.1 Å². The fraction of sp³-hybridized carbons (Fsp3) is 0.238. The first kappa shape index (κ1) is 18.2. The van der Waals surface area contributed by atoms with Gasteiger partial charge < -0.3 is 9.47 Å². The van der Waals surface area contributed by atoms with Crippen molar-refractivity contribution in [1.82, 2.24) is 9.97 Å². The Morgan fingerprint density at radius 3 is 1.88 bits per heavy atom.